The lowest BCUT2D eigenvalue weighted by molar-refractivity contribution is -0.141. The summed E-state index contributed by atoms with van der Waals surface area (Å²) in [4.78, 5) is 23.6. The summed E-state index contributed by atoms with van der Waals surface area (Å²) in [6.07, 6.45) is -1.76. The first-order chi connectivity index (χ1) is 12.2. The Bertz CT molecular complexity index is 779. The van der Waals surface area contributed by atoms with Crippen LogP contribution in [0.25, 0.3) is 0 Å². The van der Waals surface area contributed by atoms with E-state index in [0.29, 0.717) is 24.3 Å². The number of aromatic amines is 1. The van der Waals surface area contributed by atoms with Crippen molar-refractivity contribution in [2.45, 2.75) is 37.9 Å². The van der Waals surface area contributed by atoms with E-state index in [1.807, 2.05) is 0 Å². The molecule has 2 atom stereocenters. The molecule has 1 fully saturated rings. The Morgan fingerprint density at radius 3 is 2.58 bits per heavy atom. The Kier molecular flexibility index (Phi) is 6.19. The van der Waals surface area contributed by atoms with Crippen LogP contribution in [0, 0.1) is 0 Å². The van der Waals surface area contributed by atoms with Crippen molar-refractivity contribution in [3.8, 4) is 0 Å². The van der Waals surface area contributed by atoms with Crippen LogP contribution in [0.4, 0.5) is 13.2 Å². The highest BCUT2D eigenvalue weighted by atomic mass is 19.4. The van der Waals surface area contributed by atoms with Crippen LogP contribution in [-0.4, -0.2) is 27.8 Å². The highest BCUT2D eigenvalue weighted by Crippen LogP contribution is 2.34. The molecule has 0 unspecified atom stereocenters. The van der Waals surface area contributed by atoms with Gasteiger partial charge in [0.05, 0.1) is 0 Å². The standard InChI is InChI=1S/C14H14F3N3O2.C2H4O2/c15-14(16,17)12-2-1-9(7-19-12)10-5-8(3-4-18-10)11-6-13(21)20-22-11;1-2(3)4/h1-2,6-8,10,18H,3-5H2,(H,20,21);1H3,(H,3,4)/t8-,10+;/m0./s1. The molecule has 7 nitrogen and oxygen atoms in total. The van der Waals surface area contributed by atoms with Gasteiger partial charge in [0, 0.05) is 31.1 Å². The number of nitrogens with zero attached hydrogens (tertiary/aromatic N) is 1. The van der Waals surface area contributed by atoms with Crippen molar-refractivity contribution >= 4 is 5.97 Å². The number of aromatic nitrogens is 2. The lowest BCUT2D eigenvalue weighted by atomic mass is 9.87. The SMILES string of the molecule is CC(=O)O.O=c1cc([C@H]2CCN[C@@H](c3ccc(C(F)(F)F)nc3)C2)o[nH]1. The van der Waals surface area contributed by atoms with E-state index in [9.17, 15) is 18.0 Å². The maximum Gasteiger partial charge on any atom is 0.433 e. The molecule has 3 N–H and O–H groups in total. The van der Waals surface area contributed by atoms with Gasteiger partial charge in [-0.2, -0.15) is 18.3 Å². The number of carboxylic acids is 1. The van der Waals surface area contributed by atoms with Crippen LogP contribution in [0.3, 0.4) is 0 Å². The van der Waals surface area contributed by atoms with Gasteiger partial charge in [-0.15, -0.1) is 0 Å². The van der Waals surface area contributed by atoms with E-state index in [0.717, 1.165) is 19.4 Å². The zero-order valence-electron chi connectivity index (χ0n) is 13.8. The van der Waals surface area contributed by atoms with Crippen molar-refractivity contribution in [1.29, 1.82) is 0 Å². The summed E-state index contributed by atoms with van der Waals surface area (Å²) in [6, 6.07) is 3.71. The average Bonchev–Trinajstić information content (AvgIpc) is 3.00. The van der Waals surface area contributed by atoms with E-state index in [2.05, 4.69) is 15.5 Å². The summed E-state index contributed by atoms with van der Waals surface area (Å²) >= 11 is 0. The van der Waals surface area contributed by atoms with Crippen LogP contribution in [0.1, 0.15) is 48.7 Å². The van der Waals surface area contributed by atoms with Crippen LogP contribution in [0.2, 0.25) is 0 Å². The third-order valence-corrected chi connectivity index (χ3v) is 3.83. The van der Waals surface area contributed by atoms with E-state index >= 15 is 0 Å². The fourth-order valence-corrected chi connectivity index (χ4v) is 2.71. The number of H-pyrrole nitrogens is 1. The average molecular weight is 373 g/mol. The van der Waals surface area contributed by atoms with Gasteiger partial charge in [0.2, 0.25) is 0 Å². The normalized spacial score (nSPS) is 20.2. The number of hydrogen-bond acceptors (Lipinski definition) is 5. The minimum absolute atomic E-state index is 0.0486. The molecule has 3 heterocycles. The number of halogens is 3. The maximum absolute atomic E-state index is 12.5. The third-order valence-electron chi connectivity index (χ3n) is 3.83. The zero-order valence-corrected chi connectivity index (χ0v) is 13.8. The highest BCUT2D eigenvalue weighted by Gasteiger charge is 2.33. The van der Waals surface area contributed by atoms with Gasteiger partial charge in [0.15, 0.2) is 0 Å². The molecule has 1 saturated heterocycles. The second kappa shape index (κ2) is 8.17. The fraction of sp³-hybridized carbons (Fsp3) is 0.438. The molecule has 0 spiro atoms. The molecule has 2 aromatic heterocycles. The van der Waals surface area contributed by atoms with Crippen molar-refractivity contribution in [1.82, 2.24) is 15.5 Å². The van der Waals surface area contributed by atoms with Gasteiger partial charge in [-0.25, -0.2) is 0 Å². The Morgan fingerprint density at radius 2 is 2.08 bits per heavy atom. The van der Waals surface area contributed by atoms with E-state index in [1.54, 1.807) is 0 Å². The van der Waals surface area contributed by atoms with Crippen LogP contribution >= 0.6 is 0 Å². The Hall–Kier alpha value is -2.62. The molecule has 10 heteroatoms. The molecular weight excluding hydrogens is 355 g/mol. The van der Waals surface area contributed by atoms with Gasteiger partial charge < -0.3 is 14.9 Å². The first-order valence-electron chi connectivity index (χ1n) is 7.81. The molecule has 0 aromatic carbocycles. The monoisotopic (exact) mass is 373 g/mol. The number of rotatable bonds is 2. The largest absolute Gasteiger partial charge is 0.481 e. The van der Waals surface area contributed by atoms with Gasteiger partial charge in [0.1, 0.15) is 11.5 Å². The van der Waals surface area contributed by atoms with Crippen molar-refractivity contribution in [2.24, 2.45) is 0 Å². The molecule has 0 saturated carbocycles. The van der Waals surface area contributed by atoms with Crippen LogP contribution in [-0.2, 0) is 11.0 Å². The number of pyridine rings is 1. The predicted molar refractivity (Wildman–Crippen MR) is 84.6 cm³/mol. The van der Waals surface area contributed by atoms with Gasteiger partial charge in [-0.05, 0) is 31.0 Å². The molecular formula is C16H18F3N3O4. The molecule has 26 heavy (non-hydrogen) atoms. The van der Waals surface area contributed by atoms with Crippen molar-refractivity contribution in [3.63, 3.8) is 0 Å². The van der Waals surface area contributed by atoms with E-state index in [-0.39, 0.29) is 17.5 Å². The lowest BCUT2D eigenvalue weighted by Gasteiger charge is -2.29. The summed E-state index contributed by atoms with van der Waals surface area (Å²) in [5.41, 5.74) is -0.503. The Balaban J connectivity index is 0.000000552. The van der Waals surface area contributed by atoms with Crippen LogP contribution in [0.15, 0.2) is 33.7 Å². The number of carboxylic acid groups (broad SMARTS) is 1. The molecule has 0 amide bonds. The first-order valence-corrected chi connectivity index (χ1v) is 7.81. The molecule has 142 valence electrons. The number of carbonyl (C=O) groups is 1. The summed E-state index contributed by atoms with van der Waals surface area (Å²) in [7, 11) is 0. The fourth-order valence-electron chi connectivity index (χ4n) is 2.71. The number of nitrogens with one attached hydrogen (secondary N) is 2. The Labute approximate surface area is 146 Å². The summed E-state index contributed by atoms with van der Waals surface area (Å²) in [5.74, 6) is -0.205. The van der Waals surface area contributed by atoms with Crippen LogP contribution < -0.4 is 10.9 Å². The molecule has 0 bridgehead atoms. The third kappa shape index (κ3) is 5.45. The summed E-state index contributed by atoms with van der Waals surface area (Å²) in [5, 5.41) is 12.9. The predicted octanol–water partition coefficient (Wildman–Crippen LogP) is 2.68. The number of alkyl halides is 3. The number of piperidine rings is 1. The molecule has 0 radical (unpaired) electrons. The minimum atomic E-state index is -4.43. The molecule has 0 aliphatic carbocycles. The van der Waals surface area contributed by atoms with Crippen molar-refractivity contribution < 1.29 is 27.6 Å². The maximum atomic E-state index is 12.5. The molecule has 1 aliphatic rings. The molecule has 2 aromatic rings. The van der Waals surface area contributed by atoms with Crippen molar-refractivity contribution in [2.75, 3.05) is 6.54 Å². The smallest absolute Gasteiger partial charge is 0.433 e. The first kappa shape index (κ1) is 19.7. The van der Waals surface area contributed by atoms with E-state index in [1.165, 1.54) is 18.3 Å². The van der Waals surface area contributed by atoms with E-state index in [4.69, 9.17) is 14.4 Å². The summed E-state index contributed by atoms with van der Waals surface area (Å²) in [6.45, 7) is 1.77. The minimum Gasteiger partial charge on any atom is -0.481 e. The quantitative estimate of drug-likeness (QED) is 0.747. The second-order valence-electron chi connectivity index (χ2n) is 5.84. The zero-order chi connectivity index (χ0) is 19.3. The number of aliphatic carboxylic acids is 1. The summed E-state index contributed by atoms with van der Waals surface area (Å²) < 4.78 is 42.7. The Morgan fingerprint density at radius 1 is 1.38 bits per heavy atom. The molecule has 3 rings (SSSR count). The van der Waals surface area contributed by atoms with E-state index < -0.39 is 17.8 Å². The van der Waals surface area contributed by atoms with Crippen molar-refractivity contribution in [3.05, 3.63) is 51.8 Å². The lowest BCUT2D eigenvalue weighted by Crippen LogP contribution is -2.31. The highest BCUT2D eigenvalue weighted by molar-refractivity contribution is 5.62. The molecule has 1 aliphatic heterocycles. The van der Waals surface area contributed by atoms with Gasteiger partial charge in [-0.3, -0.25) is 14.6 Å². The topological polar surface area (TPSA) is 108 Å². The van der Waals surface area contributed by atoms with Crippen LogP contribution in [0.5, 0.6) is 0 Å². The van der Waals surface area contributed by atoms with Gasteiger partial charge in [0.25, 0.3) is 11.5 Å². The van der Waals surface area contributed by atoms with Gasteiger partial charge >= 0.3 is 6.18 Å². The second-order valence-corrected chi connectivity index (χ2v) is 5.84. The van der Waals surface area contributed by atoms with Gasteiger partial charge in [-0.1, -0.05) is 6.07 Å². The number of hydrogen-bond donors (Lipinski definition) is 3.